The lowest BCUT2D eigenvalue weighted by Crippen LogP contribution is -2.27. The van der Waals surface area contributed by atoms with Crippen molar-refractivity contribution in [2.24, 2.45) is 0 Å². The van der Waals surface area contributed by atoms with E-state index in [2.05, 4.69) is 6.07 Å². The Kier molecular flexibility index (Phi) is 5.40. The van der Waals surface area contributed by atoms with Crippen LogP contribution < -0.4 is 4.90 Å². The molecule has 0 N–H and O–H groups in total. The van der Waals surface area contributed by atoms with Crippen molar-refractivity contribution in [2.75, 3.05) is 19.1 Å². The van der Waals surface area contributed by atoms with Crippen LogP contribution in [-0.2, 0) is 19.1 Å². The summed E-state index contributed by atoms with van der Waals surface area (Å²) in [6.45, 7) is 3.70. The first-order valence-electron chi connectivity index (χ1n) is 7.51. The number of hydrogen-bond acceptors (Lipinski definition) is 6. The van der Waals surface area contributed by atoms with Gasteiger partial charge >= 0.3 is 11.9 Å². The molecule has 0 spiro atoms. The van der Waals surface area contributed by atoms with E-state index in [-0.39, 0.29) is 11.3 Å². The average Bonchev–Trinajstić information content (AvgIpc) is 2.83. The molecular weight excluding hydrogens is 320 g/mol. The van der Waals surface area contributed by atoms with Gasteiger partial charge in [0, 0.05) is 6.20 Å². The molecule has 0 fully saturated rings. The fourth-order valence-corrected chi connectivity index (χ4v) is 2.57. The predicted molar refractivity (Wildman–Crippen MR) is 92.4 cm³/mol. The van der Waals surface area contributed by atoms with Crippen LogP contribution in [0.4, 0.5) is 5.69 Å². The molecule has 1 aliphatic rings. The number of esters is 2. The molecule has 0 unspecified atom stereocenters. The van der Waals surface area contributed by atoms with Crippen molar-refractivity contribution >= 4 is 17.6 Å². The number of hydrogen-bond donors (Lipinski definition) is 0. The van der Waals surface area contributed by atoms with Gasteiger partial charge in [0.1, 0.15) is 5.70 Å². The first kappa shape index (κ1) is 18.0. The number of nitrogens with zero attached hydrogens (tertiary/aromatic N) is 2. The van der Waals surface area contributed by atoms with E-state index >= 15 is 0 Å². The Balaban J connectivity index is 2.76. The van der Waals surface area contributed by atoms with Crippen LogP contribution in [0, 0.1) is 25.2 Å². The second kappa shape index (κ2) is 7.49. The highest BCUT2D eigenvalue weighted by Gasteiger charge is 2.28. The van der Waals surface area contributed by atoms with Crippen LogP contribution in [0.15, 0.2) is 47.8 Å². The molecule has 0 atom stereocenters. The van der Waals surface area contributed by atoms with Crippen molar-refractivity contribution in [2.45, 2.75) is 13.8 Å². The second-order valence-electron chi connectivity index (χ2n) is 5.38. The number of carbonyl (C=O) groups is 2. The quantitative estimate of drug-likeness (QED) is 0.788. The van der Waals surface area contributed by atoms with E-state index in [1.54, 1.807) is 24.4 Å². The van der Waals surface area contributed by atoms with Crippen molar-refractivity contribution in [1.29, 1.82) is 5.26 Å². The van der Waals surface area contributed by atoms with Crippen molar-refractivity contribution in [3.63, 3.8) is 0 Å². The number of benzene rings is 1. The monoisotopic (exact) mass is 338 g/mol. The summed E-state index contributed by atoms with van der Waals surface area (Å²) in [6.07, 6.45) is 6.44. The molecular formula is C19H18N2O4. The van der Waals surface area contributed by atoms with Crippen LogP contribution in [0.25, 0.3) is 0 Å². The highest BCUT2D eigenvalue weighted by molar-refractivity contribution is 6.05. The maximum Gasteiger partial charge on any atom is 0.355 e. The molecule has 128 valence electrons. The number of methoxy groups -OCH3 is 2. The number of ether oxygens (including phenoxy) is 2. The van der Waals surface area contributed by atoms with Gasteiger partial charge in [-0.25, -0.2) is 9.59 Å². The molecule has 25 heavy (non-hydrogen) atoms. The number of rotatable bonds is 3. The van der Waals surface area contributed by atoms with E-state index < -0.39 is 11.9 Å². The lowest BCUT2D eigenvalue weighted by atomic mass is 10.0. The van der Waals surface area contributed by atoms with Crippen LogP contribution in [0.2, 0.25) is 0 Å². The zero-order chi connectivity index (χ0) is 18.6. The first-order valence-corrected chi connectivity index (χ1v) is 7.51. The highest BCUT2D eigenvalue weighted by Crippen LogP contribution is 2.31. The zero-order valence-electron chi connectivity index (χ0n) is 14.5. The van der Waals surface area contributed by atoms with E-state index in [0.29, 0.717) is 11.3 Å². The van der Waals surface area contributed by atoms with Gasteiger partial charge in [0.05, 0.1) is 37.1 Å². The molecule has 0 amide bonds. The molecule has 0 bridgehead atoms. The smallest absolute Gasteiger partial charge is 0.355 e. The average molecular weight is 338 g/mol. The molecule has 0 aromatic heterocycles. The number of anilines is 1. The van der Waals surface area contributed by atoms with Gasteiger partial charge in [0.15, 0.2) is 0 Å². The van der Waals surface area contributed by atoms with Gasteiger partial charge in [0.2, 0.25) is 0 Å². The largest absolute Gasteiger partial charge is 0.465 e. The number of nitriles is 1. The minimum Gasteiger partial charge on any atom is -0.465 e. The number of aryl methyl sites for hydroxylation is 2. The van der Waals surface area contributed by atoms with Crippen LogP contribution in [0.3, 0.4) is 0 Å². The van der Waals surface area contributed by atoms with E-state index in [1.165, 1.54) is 25.2 Å². The molecule has 0 saturated heterocycles. The van der Waals surface area contributed by atoms with Crippen molar-refractivity contribution in [3.8, 4) is 6.07 Å². The molecule has 1 aliphatic heterocycles. The van der Waals surface area contributed by atoms with Crippen LogP contribution in [-0.4, -0.2) is 26.2 Å². The maximum absolute atomic E-state index is 12.4. The Hall–Kier alpha value is -3.33. The normalized spacial score (nSPS) is 13.3. The van der Waals surface area contributed by atoms with E-state index in [0.717, 1.165) is 11.1 Å². The summed E-state index contributed by atoms with van der Waals surface area (Å²) >= 11 is 0. The fourth-order valence-electron chi connectivity index (χ4n) is 2.57. The Bertz CT molecular complexity index is 857. The maximum atomic E-state index is 12.4. The SMILES string of the molecule is COC(=O)C1=C(C(=O)OC)N(c2cc(C#N)c(C)cc2C)C=CC=C1. The minimum absolute atomic E-state index is 0.0233. The summed E-state index contributed by atoms with van der Waals surface area (Å²) in [5.74, 6) is -1.34. The molecule has 1 heterocycles. The second-order valence-corrected chi connectivity index (χ2v) is 5.38. The van der Waals surface area contributed by atoms with Crippen LogP contribution in [0.1, 0.15) is 16.7 Å². The summed E-state index contributed by atoms with van der Waals surface area (Å²) in [4.78, 5) is 26.1. The standard InChI is InChI=1S/C19H18N2O4/c1-12-9-13(2)16(10-14(12)11-20)21-8-6-5-7-15(18(22)24-3)17(21)19(23)25-4/h5-10H,1-4H3. The molecule has 0 aliphatic carbocycles. The van der Waals surface area contributed by atoms with Gasteiger partial charge in [-0.15, -0.1) is 0 Å². The minimum atomic E-state index is -0.685. The third-order valence-electron chi connectivity index (χ3n) is 3.81. The third kappa shape index (κ3) is 3.45. The summed E-state index contributed by atoms with van der Waals surface area (Å²) in [6, 6.07) is 5.66. The molecule has 1 aromatic carbocycles. The third-order valence-corrected chi connectivity index (χ3v) is 3.81. The van der Waals surface area contributed by atoms with Gasteiger partial charge in [0.25, 0.3) is 0 Å². The van der Waals surface area contributed by atoms with Gasteiger partial charge in [-0.2, -0.15) is 5.26 Å². The fraction of sp³-hybridized carbons (Fsp3) is 0.211. The first-order chi connectivity index (χ1) is 11.9. The van der Waals surface area contributed by atoms with Gasteiger partial charge in [-0.05, 0) is 43.2 Å². The topological polar surface area (TPSA) is 79.6 Å². The van der Waals surface area contributed by atoms with Crippen molar-refractivity contribution in [1.82, 2.24) is 0 Å². The number of carbonyl (C=O) groups excluding carboxylic acids is 2. The molecule has 0 saturated carbocycles. The Labute approximate surface area is 146 Å². The van der Waals surface area contributed by atoms with Gasteiger partial charge < -0.3 is 14.4 Å². The Morgan fingerprint density at radius 2 is 1.72 bits per heavy atom. The zero-order valence-corrected chi connectivity index (χ0v) is 14.5. The van der Waals surface area contributed by atoms with Crippen LogP contribution in [0.5, 0.6) is 0 Å². The van der Waals surface area contributed by atoms with Crippen LogP contribution >= 0.6 is 0 Å². The summed E-state index contributed by atoms with van der Waals surface area (Å²) in [5.41, 5.74) is 2.85. The van der Waals surface area contributed by atoms with E-state index in [4.69, 9.17) is 9.47 Å². The predicted octanol–water partition coefficient (Wildman–Crippen LogP) is 2.67. The molecule has 0 radical (unpaired) electrons. The lowest BCUT2D eigenvalue weighted by Gasteiger charge is -2.25. The summed E-state index contributed by atoms with van der Waals surface area (Å²) in [7, 11) is 2.48. The lowest BCUT2D eigenvalue weighted by molar-refractivity contribution is -0.139. The molecule has 6 nitrogen and oxygen atoms in total. The molecule has 2 rings (SSSR count). The van der Waals surface area contributed by atoms with E-state index in [9.17, 15) is 14.9 Å². The Morgan fingerprint density at radius 3 is 2.32 bits per heavy atom. The molecule has 1 aromatic rings. The van der Waals surface area contributed by atoms with Gasteiger partial charge in [-0.3, -0.25) is 0 Å². The van der Waals surface area contributed by atoms with Gasteiger partial charge in [-0.1, -0.05) is 12.1 Å². The van der Waals surface area contributed by atoms with Crippen molar-refractivity contribution < 1.29 is 19.1 Å². The summed E-state index contributed by atoms with van der Waals surface area (Å²) in [5, 5.41) is 9.31. The summed E-state index contributed by atoms with van der Waals surface area (Å²) < 4.78 is 9.65. The van der Waals surface area contributed by atoms with Crippen molar-refractivity contribution in [3.05, 3.63) is 64.5 Å². The Morgan fingerprint density at radius 1 is 1.04 bits per heavy atom. The van der Waals surface area contributed by atoms with E-state index in [1.807, 2.05) is 19.9 Å². The molecule has 6 heteroatoms. The number of allylic oxidation sites excluding steroid dienone is 2. The highest BCUT2D eigenvalue weighted by atomic mass is 16.5.